The van der Waals surface area contributed by atoms with Crippen LogP contribution in [-0.2, 0) is 9.53 Å². The monoisotopic (exact) mass is 228 g/mol. The van der Waals surface area contributed by atoms with Crippen molar-refractivity contribution in [2.24, 2.45) is 17.8 Å². The summed E-state index contributed by atoms with van der Waals surface area (Å²) in [6, 6.07) is 0. The fraction of sp³-hybridized carbons (Fsp3) is 0.923. The summed E-state index contributed by atoms with van der Waals surface area (Å²) in [6.45, 7) is 6.45. The molecule has 3 heteroatoms. The Balaban J connectivity index is 2.63. The summed E-state index contributed by atoms with van der Waals surface area (Å²) in [7, 11) is 0. The molecule has 0 amide bonds. The van der Waals surface area contributed by atoms with Gasteiger partial charge in [-0.2, -0.15) is 0 Å². The first-order chi connectivity index (χ1) is 7.57. The molecule has 1 N–H and O–H groups in total. The average molecular weight is 228 g/mol. The molecule has 1 aliphatic rings. The van der Waals surface area contributed by atoms with Gasteiger partial charge in [0.15, 0.2) is 6.10 Å². The molecular weight excluding hydrogens is 204 g/mol. The van der Waals surface area contributed by atoms with Gasteiger partial charge in [0.1, 0.15) is 0 Å². The summed E-state index contributed by atoms with van der Waals surface area (Å²) >= 11 is 0. The maximum atomic E-state index is 11.5. The van der Waals surface area contributed by atoms with E-state index in [9.17, 15) is 9.90 Å². The molecule has 0 aromatic carbocycles. The summed E-state index contributed by atoms with van der Waals surface area (Å²) in [5, 5.41) is 10.0. The van der Waals surface area contributed by atoms with Crippen LogP contribution in [-0.4, -0.2) is 23.8 Å². The molecule has 94 valence electrons. The van der Waals surface area contributed by atoms with E-state index in [1.165, 1.54) is 6.42 Å². The van der Waals surface area contributed by atoms with E-state index in [2.05, 4.69) is 13.8 Å². The maximum absolute atomic E-state index is 11.5. The zero-order valence-corrected chi connectivity index (χ0v) is 10.6. The number of rotatable bonds is 4. The van der Waals surface area contributed by atoms with Crippen LogP contribution in [0.2, 0.25) is 0 Å². The van der Waals surface area contributed by atoms with Crippen LogP contribution in [0, 0.1) is 17.8 Å². The van der Waals surface area contributed by atoms with E-state index in [1.807, 2.05) is 0 Å². The van der Waals surface area contributed by atoms with Crippen LogP contribution in [0.3, 0.4) is 0 Å². The van der Waals surface area contributed by atoms with Crippen LogP contribution in [0.4, 0.5) is 0 Å². The van der Waals surface area contributed by atoms with Crippen molar-refractivity contribution < 1.29 is 14.6 Å². The van der Waals surface area contributed by atoms with Crippen LogP contribution in [0.5, 0.6) is 0 Å². The highest BCUT2D eigenvalue weighted by molar-refractivity contribution is 5.74. The third-order valence-corrected chi connectivity index (χ3v) is 3.66. The molecule has 1 fully saturated rings. The number of aliphatic hydroxyl groups is 1. The quantitative estimate of drug-likeness (QED) is 0.751. The molecule has 0 bridgehead atoms. The van der Waals surface area contributed by atoms with Gasteiger partial charge in [0.25, 0.3) is 0 Å². The van der Waals surface area contributed by atoms with E-state index in [1.54, 1.807) is 6.92 Å². The Labute approximate surface area is 98.2 Å². The number of carbonyl (C=O) groups is 1. The number of carbonyl (C=O) groups excluding carboxylic acids is 1. The maximum Gasteiger partial charge on any atom is 0.335 e. The fourth-order valence-corrected chi connectivity index (χ4v) is 2.81. The van der Waals surface area contributed by atoms with Gasteiger partial charge in [0.2, 0.25) is 0 Å². The normalized spacial score (nSPS) is 27.8. The minimum Gasteiger partial charge on any atom is -0.464 e. The molecule has 0 heterocycles. The van der Waals surface area contributed by atoms with Gasteiger partial charge < -0.3 is 9.84 Å². The third-order valence-electron chi connectivity index (χ3n) is 3.66. The molecule has 0 saturated heterocycles. The molecule has 0 spiro atoms. The van der Waals surface area contributed by atoms with E-state index in [-0.39, 0.29) is 5.92 Å². The zero-order valence-electron chi connectivity index (χ0n) is 10.6. The molecule has 0 aliphatic heterocycles. The SMILES string of the molecule is CCOC(=O)C(O)C1CCCCC1C(C)C. The van der Waals surface area contributed by atoms with Crippen molar-refractivity contribution >= 4 is 5.97 Å². The number of hydrogen-bond donors (Lipinski definition) is 1. The molecule has 3 nitrogen and oxygen atoms in total. The molecule has 0 aromatic rings. The highest BCUT2D eigenvalue weighted by Crippen LogP contribution is 2.37. The first kappa shape index (κ1) is 13.5. The molecule has 3 unspecified atom stereocenters. The lowest BCUT2D eigenvalue weighted by Gasteiger charge is -2.36. The Morgan fingerprint density at radius 2 is 1.88 bits per heavy atom. The Hall–Kier alpha value is -0.570. The molecule has 0 radical (unpaired) electrons. The molecule has 1 rings (SSSR count). The molecule has 3 atom stereocenters. The summed E-state index contributed by atoms with van der Waals surface area (Å²) in [4.78, 5) is 11.5. The van der Waals surface area contributed by atoms with Gasteiger partial charge in [-0.1, -0.05) is 26.7 Å². The minimum atomic E-state index is -0.923. The van der Waals surface area contributed by atoms with Crippen molar-refractivity contribution in [1.82, 2.24) is 0 Å². The fourth-order valence-electron chi connectivity index (χ4n) is 2.81. The highest BCUT2D eigenvalue weighted by Gasteiger charge is 2.36. The first-order valence-electron chi connectivity index (χ1n) is 6.42. The van der Waals surface area contributed by atoms with Gasteiger partial charge in [-0.3, -0.25) is 0 Å². The Morgan fingerprint density at radius 3 is 2.38 bits per heavy atom. The largest absolute Gasteiger partial charge is 0.464 e. The van der Waals surface area contributed by atoms with Gasteiger partial charge in [0, 0.05) is 0 Å². The lowest BCUT2D eigenvalue weighted by atomic mass is 9.71. The summed E-state index contributed by atoms with van der Waals surface area (Å²) in [5.74, 6) is 0.621. The standard InChI is InChI=1S/C13H24O3/c1-4-16-13(15)12(14)11-8-6-5-7-10(11)9(2)3/h9-12,14H,4-8H2,1-3H3. The molecular formula is C13H24O3. The lowest BCUT2D eigenvalue weighted by Crippen LogP contribution is -2.39. The molecule has 16 heavy (non-hydrogen) atoms. The second-order valence-corrected chi connectivity index (χ2v) is 5.05. The summed E-state index contributed by atoms with van der Waals surface area (Å²) in [5.41, 5.74) is 0. The van der Waals surface area contributed by atoms with E-state index in [4.69, 9.17) is 4.74 Å². The van der Waals surface area contributed by atoms with Gasteiger partial charge in [-0.05, 0) is 37.5 Å². The van der Waals surface area contributed by atoms with Crippen LogP contribution < -0.4 is 0 Å². The topological polar surface area (TPSA) is 46.5 Å². The number of hydrogen-bond acceptors (Lipinski definition) is 3. The summed E-state index contributed by atoms with van der Waals surface area (Å²) < 4.78 is 4.90. The predicted octanol–water partition coefficient (Wildman–Crippen LogP) is 2.37. The van der Waals surface area contributed by atoms with Crippen LogP contribution in [0.25, 0.3) is 0 Å². The Kier molecular flexibility index (Phi) is 5.26. The van der Waals surface area contributed by atoms with Crippen molar-refractivity contribution in [3.63, 3.8) is 0 Å². The second-order valence-electron chi connectivity index (χ2n) is 5.05. The highest BCUT2D eigenvalue weighted by atomic mass is 16.5. The summed E-state index contributed by atoms with van der Waals surface area (Å²) in [6.07, 6.45) is 3.48. The number of esters is 1. The van der Waals surface area contributed by atoms with E-state index in [0.29, 0.717) is 18.4 Å². The van der Waals surface area contributed by atoms with Crippen molar-refractivity contribution in [2.75, 3.05) is 6.61 Å². The number of aliphatic hydroxyl groups excluding tert-OH is 1. The van der Waals surface area contributed by atoms with Gasteiger partial charge in [0.05, 0.1) is 6.61 Å². The minimum absolute atomic E-state index is 0.0906. The van der Waals surface area contributed by atoms with Crippen LogP contribution in [0.15, 0.2) is 0 Å². The zero-order chi connectivity index (χ0) is 12.1. The Morgan fingerprint density at radius 1 is 1.31 bits per heavy atom. The lowest BCUT2D eigenvalue weighted by molar-refractivity contribution is -0.158. The van der Waals surface area contributed by atoms with Crippen molar-refractivity contribution in [3.05, 3.63) is 0 Å². The third kappa shape index (κ3) is 3.21. The van der Waals surface area contributed by atoms with Gasteiger partial charge in [-0.15, -0.1) is 0 Å². The van der Waals surface area contributed by atoms with Gasteiger partial charge >= 0.3 is 5.97 Å². The predicted molar refractivity (Wildman–Crippen MR) is 62.9 cm³/mol. The second kappa shape index (κ2) is 6.24. The van der Waals surface area contributed by atoms with Crippen LogP contribution >= 0.6 is 0 Å². The Bertz CT molecular complexity index is 225. The van der Waals surface area contributed by atoms with Gasteiger partial charge in [-0.25, -0.2) is 4.79 Å². The van der Waals surface area contributed by atoms with Crippen molar-refractivity contribution in [2.45, 2.75) is 52.6 Å². The average Bonchev–Trinajstić information content (AvgIpc) is 2.28. The molecule has 0 aromatic heterocycles. The molecule has 1 saturated carbocycles. The first-order valence-corrected chi connectivity index (χ1v) is 6.42. The van der Waals surface area contributed by atoms with E-state index < -0.39 is 12.1 Å². The van der Waals surface area contributed by atoms with Crippen molar-refractivity contribution in [3.8, 4) is 0 Å². The number of ether oxygens (including phenoxy) is 1. The van der Waals surface area contributed by atoms with E-state index >= 15 is 0 Å². The molecule has 1 aliphatic carbocycles. The smallest absolute Gasteiger partial charge is 0.335 e. The van der Waals surface area contributed by atoms with Crippen LogP contribution in [0.1, 0.15) is 46.5 Å². The van der Waals surface area contributed by atoms with E-state index in [0.717, 1.165) is 19.3 Å². The van der Waals surface area contributed by atoms with Crippen molar-refractivity contribution in [1.29, 1.82) is 0 Å².